The number of hydrogen-bond acceptors (Lipinski definition) is 3. The van der Waals surface area contributed by atoms with Gasteiger partial charge in [-0.05, 0) is 47.5 Å². The monoisotopic (exact) mass is 383 g/mol. The van der Waals surface area contributed by atoms with Crippen molar-refractivity contribution in [3.8, 4) is 5.75 Å². The molecule has 1 aromatic rings. The van der Waals surface area contributed by atoms with Crippen LogP contribution in [0.2, 0.25) is 0 Å². The van der Waals surface area contributed by atoms with Crippen LogP contribution in [0.3, 0.4) is 0 Å². The highest BCUT2D eigenvalue weighted by molar-refractivity contribution is 9.10. The van der Waals surface area contributed by atoms with E-state index in [1.165, 1.54) is 12.1 Å². The van der Waals surface area contributed by atoms with Gasteiger partial charge in [0.05, 0.1) is 4.47 Å². The molecule has 0 saturated heterocycles. The number of carbonyl (C=O) groups excluding carboxylic acids is 1. The number of carboxylic acids is 1. The maximum absolute atomic E-state index is 12.2. The minimum absolute atomic E-state index is 0.0235. The van der Waals surface area contributed by atoms with Crippen LogP contribution < -0.4 is 10.1 Å². The largest absolute Gasteiger partial charge is 0.573 e. The van der Waals surface area contributed by atoms with Crippen molar-refractivity contribution in [1.29, 1.82) is 0 Å². The Morgan fingerprint density at radius 3 is 2.59 bits per heavy atom. The van der Waals surface area contributed by atoms with E-state index in [-0.39, 0.29) is 22.9 Å². The number of benzene rings is 1. The Hall–Kier alpha value is -1.77. The van der Waals surface area contributed by atoms with Crippen molar-refractivity contribution < 1.29 is 32.6 Å². The minimum Gasteiger partial charge on any atom is -0.481 e. The van der Waals surface area contributed by atoms with Gasteiger partial charge in [-0.2, -0.15) is 0 Å². The molecule has 2 N–H and O–H groups in total. The lowest BCUT2D eigenvalue weighted by molar-refractivity contribution is -0.274. The Balaban J connectivity index is 2.77. The quantitative estimate of drug-likeness (QED) is 0.789. The van der Waals surface area contributed by atoms with Crippen LogP contribution in [-0.4, -0.2) is 29.4 Å². The lowest BCUT2D eigenvalue weighted by Gasteiger charge is -2.14. The third kappa shape index (κ3) is 6.33. The Labute approximate surface area is 132 Å². The molecule has 5 nitrogen and oxygen atoms in total. The summed E-state index contributed by atoms with van der Waals surface area (Å²) in [6.07, 6.45) is -4.78. The van der Waals surface area contributed by atoms with Crippen LogP contribution in [0.5, 0.6) is 5.75 Å². The van der Waals surface area contributed by atoms with E-state index in [0.717, 1.165) is 6.07 Å². The Morgan fingerprint density at radius 1 is 1.41 bits per heavy atom. The van der Waals surface area contributed by atoms with Crippen molar-refractivity contribution in [1.82, 2.24) is 5.32 Å². The van der Waals surface area contributed by atoms with Crippen molar-refractivity contribution in [3.05, 3.63) is 28.2 Å². The average Bonchev–Trinajstić information content (AvgIpc) is 2.37. The standard InChI is InChI=1S/C13H13BrF3NO4/c1-7(2-5-11(19)20)18-12(21)8-3-4-9(14)10(6-8)22-13(15,16)17/h3-4,6-7H,2,5H2,1H3,(H,18,21)(H,19,20). The van der Waals surface area contributed by atoms with E-state index in [1.54, 1.807) is 6.92 Å². The van der Waals surface area contributed by atoms with Crippen LogP contribution in [0, 0.1) is 0 Å². The zero-order chi connectivity index (χ0) is 16.9. The third-order valence-corrected chi connectivity index (χ3v) is 3.24. The zero-order valence-electron chi connectivity index (χ0n) is 11.4. The van der Waals surface area contributed by atoms with Crippen LogP contribution in [0.15, 0.2) is 22.7 Å². The van der Waals surface area contributed by atoms with Gasteiger partial charge in [0, 0.05) is 18.0 Å². The number of hydrogen-bond donors (Lipinski definition) is 2. The number of amides is 1. The van der Waals surface area contributed by atoms with E-state index in [1.807, 2.05) is 0 Å². The molecule has 122 valence electrons. The molecule has 0 radical (unpaired) electrons. The molecule has 0 aromatic heterocycles. The van der Waals surface area contributed by atoms with Gasteiger partial charge in [0.1, 0.15) is 5.75 Å². The molecule has 0 heterocycles. The van der Waals surface area contributed by atoms with Gasteiger partial charge in [-0.3, -0.25) is 9.59 Å². The van der Waals surface area contributed by atoms with Crippen LogP contribution in [0.25, 0.3) is 0 Å². The fourth-order valence-corrected chi connectivity index (χ4v) is 1.89. The Kier molecular flexibility index (Phi) is 6.21. The molecule has 9 heteroatoms. The van der Waals surface area contributed by atoms with Gasteiger partial charge >= 0.3 is 12.3 Å². The molecule has 1 unspecified atom stereocenters. The molecule has 0 aliphatic heterocycles. The molecule has 0 spiro atoms. The van der Waals surface area contributed by atoms with Crippen molar-refractivity contribution in [2.75, 3.05) is 0 Å². The molecular formula is C13H13BrF3NO4. The number of rotatable bonds is 6. The first-order valence-electron chi connectivity index (χ1n) is 6.16. The molecule has 1 amide bonds. The van der Waals surface area contributed by atoms with Crippen LogP contribution in [-0.2, 0) is 4.79 Å². The molecule has 0 bridgehead atoms. The number of alkyl halides is 3. The van der Waals surface area contributed by atoms with Crippen LogP contribution in [0.1, 0.15) is 30.1 Å². The normalized spacial score (nSPS) is 12.6. The lowest BCUT2D eigenvalue weighted by Crippen LogP contribution is -2.33. The van der Waals surface area contributed by atoms with Crippen molar-refractivity contribution in [2.24, 2.45) is 0 Å². The molecule has 22 heavy (non-hydrogen) atoms. The average molecular weight is 384 g/mol. The summed E-state index contributed by atoms with van der Waals surface area (Å²) in [7, 11) is 0. The summed E-state index contributed by atoms with van der Waals surface area (Å²) in [4.78, 5) is 22.4. The Morgan fingerprint density at radius 2 is 2.05 bits per heavy atom. The predicted molar refractivity (Wildman–Crippen MR) is 74.6 cm³/mol. The Bertz CT molecular complexity index is 563. The van der Waals surface area contributed by atoms with E-state index < -0.39 is 30.0 Å². The van der Waals surface area contributed by atoms with Crippen LogP contribution in [0.4, 0.5) is 13.2 Å². The second-order valence-corrected chi connectivity index (χ2v) is 5.35. The summed E-state index contributed by atoms with van der Waals surface area (Å²) in [5.41, 5.74) is -0.0235. The van der Waals surface area contributed by atoms with E-state index in [0.29, 0.717) is 0 Å². The topological polar surface area (TPSA) is 75.6 Å². The molecule has 1 rings (SSSR count). The first-order valence-corrected chi connectivity index (χ1v) is 6.95. The summed E-state index contributed by atoms with van der Waals surface area (Å²) in [5.74, 6) is -2.14. The highest BCUT2D eigenvalue weighted by atomic mass is 79.9. The minimum atomic E-state index is -4.87. The maximum atomic E-state index is 12.2. The van der Waals surface area contributed by atoms with E-state index >= 15 is 0 Å². The molecule has 0 aliphatic rings. The van der Waals surface area contributed by atoms with Gasteiger partial charge in [-0.15, -0.1) is 13.2 Å². The zero-order valence-corrected chi connectivity index (χ0v) is 13.0. The highest BCUT2D eigenvalue weighted by Crippen LogP contribution is 2.31. The first-order chi connectivity index (χ1) is 10.1. The van der Waals surface area contributed by atoms with Gasteiger partial charge in [-0.1, -0.05) is 0 Å². The summed E-state index contributed by atoms with van der Waals surface area (Å²) >= 11 is 2.90. The molecule has 1 aromatic carbocycles. The van der Waals surface area contributed by atoms with E-state index in [4.69, 9.17) is 5.11 Å². The maximum Gasteiger partial charge on any atom is 0.573 e. The summed E-state index contributed by atoms with van der Waals surface area (Å²) in [6, 6.07) is 3.11. The van der Waals surface area contributed by atoms with Crippen molar-refractivity contribution in [3.63, 3.8) is 0 Å². The lowest BCUT2D eigenvalue weighted by atomic mass is 10.1. The van der Waals surface area contributed by atoms with E-state index in [9.17, 15) is 22.8 Å². The second kappa shape index (κ2) is 7.48. The number of carboxylic acid groups (broad SMARTS) is 1. The summed E-state index contributed by atoms with van der Waals surface area (Å²) < 4.78 is 40.6. The van der Waals surface area contributed by atoms with Gasteiger partial charge in [-0.25, -0.2) is 0 Å². The smallest absolute Gasteiger partial charge is 0.481 e. The van der Waals surface area contributed by atoms with Gasteiger partial charge < -0.3 is 15.2 Å². The number of carbonyl (C=O) groups is 2. The second-order valence-electron chi connectivity index (χ2n) is 4.50. The molecule has 0 saturated carbocycles. The number of aliphatic carboxylic acids is 1. The van der Waals surface area contributed by atoms with Gasteiger partial charge in [0.25, 0.3) is 5.91 Å². The van der Waals surface area contributed by atoms with Crippen molar-refractivity contribution >= 4 is 27.8 Å². The van der Waals surface area contributed by atoms with Gasteiger partial charge in [0.2, 0.25) is 0 Å². The fraction of sp³-hybridized carbons (Fsp3) is 0.385. The number of ether oxygens (including phenoxy) is 1. The fourth-order valence-electron chi connectivity index (χ4n) is 1.57. The van der Waals surface area contributed by atoms with E-state index in [2.05, 4.69) is 26.0 Å². The van der Waals surface area contributed by atoms with Gasteiger partial charge in [0.15, 0.2) is 0 Å². The number of halogens is 4. The summed E-state index contributed by atoms with van der Waals surface area (Å²) in [5, 5.41) is 11.1. The van der Waals surface area contributed by atoms with Crippen molar-refractivity contribution in [2.45, 2.75) is 32.2 Å². The molecule has 1 atom stereocenters. The summed E-state index contributed by atoms with van der Waals surface area (Å²) in [6.45, 7) is 1.60. The van der Waals surface area contributed by atoms with Crippen LogP contribution >= 0.6 is 15.9 Å². The predicted octanol–water partition coefficient (Wildman–Crippen LogP) is 3.33. The molecule has 0 fully saturated rings. The number of nitrogens with one attached hydrogen (secondary N) is 1. The molecule has 0 aliphatic carbocycles. The first kappa shape index (κ1) is 18.3. The molecular weight excluding hydrogens is 371 g/mol. The third-order valence-electron chi connectivity index (χ3n) is 2.59. The SMILES string of the molecule is CC(CCC(=O)O)NC(=O)c1ccc(Br)c(OC(F)(F)F)c1. The highest BCUT2D eigenvalue weighted by Gasteiger charge is 2.32.